The molecule has 28 heavy (non-hydrogen) atoms. The van der Waals surface area contributed by atoms with Crippen molar-refractivity contribution >= 4 is 5.91 Å². The fraction of sp³-hybridized carbons (Fsp3) is 0.304. The van der Waals surface area contributed by atoms with Crippen molar-refractivity contribution in [3.8, 4) is 16.9 Å². The average molecular weight is 379 g/mol. The summed E-state index contributed by atoms with van der Waals surface area (Å²) in [5, 5.41) is 7.73. The van der Waals surface area contributed by atoms with E-state index in [4.69, 9.17) is 0 Å². The second-order valence-corrected chi connectivity index (χ2v) is 7.63. The van der Waals surface area contributed by atoms with E-state index in [0.717, 1.165) is 22.4 Å². The van der Waals surface area contributed by atoms with Crippen LogP contribution >= 0.6 is 0 Å². The average Bonchev–Trinajstić information content (AvgIpc) is 3.07. The van der Waals surface area contributed by atoms with E-state index in [1.54, 1.807) is 22.9 Å². The smallest absolute Gasteiger partial charge is 0.270 e. The first-order valence-corrected chi connectivity index (χ1v) is 9.50. The van der Waals surface area contributed by atoms with Crippen LogP contribution in [-0.4, -0.2) is 21.7 Å². The highest BCUT2D eigenvalue weighted by atomic mass is 19.1. The van der Waals surface area contributed by atoms with Crippen molar-refractivity contribution in [1.82, 2.24) is 15.1 Å². The third-order valence-corrected chi connectivity index (χ3v) is 5.02. The molecule has 0 aliphatic carbocycles. The van der Waals surface area contributed by atoms with Gasteiger partial charge in [-0.25, -0.2) is 9.07 Å². The van der Waals surface area contributed by atoms with Crippen LogP contribution < -0.4 is 5.32 Å². The summed E-state index contributed by atoms with van der Waals surface area (Å²) in [4.78, 5) is 13.0. The predicted molar refractivity (Wildman–Crippen MR) is 110 cm³/mol. The zero-order valence-electron chi connectivity index (χ0n) is 17.0. The van der Waals surface area contributed by atoms with Crippen LogP contribution in [0.2, 0.25) is 0 Å². The van der Waals surface area contributed by atoms with Crippen LogP contribution in [0.5, 0.6) is 0 Å². The molecule has 1 amide bonds. The Morgan fingerprint density at radius 3 is 2.32 bits per heavy atom. The van der Waals surface area contributed by atoms with Gasteiger partial charge in [-0.15, -0.1) is 0 Å². The molecule has 0 radical (unpaired) electrons. The summed E-state index contributed by atoms with van der Waals surface area (Å²) in [6, 6.07) is 13.9. The van der Waals surface area contributed by atoms with Gasteiger partial charge in [-0.2, -0.15) is 5.10 Å². The summed E-state index contributed by atoms with van der Waals surface area (Å²) in [7, 11) is 0. The van der Waals surface area contributed by atoms with Crippen LogP contribution in [0, 0.1) is 25.6 Å². The van der Waals surface area contributed by atoms with Gasteiger partial charge in [0.15, 0.2) is 0 Å². The molecule has 0 aliphatic heterocycles. The lowest BCUT2D eigenvalue weighted by Crippen LogP contribution is -2.37. The second-order valence-electron chi connectivity index (χ2n) is 7.63. The summed E-state index contributed by atoms with van der Waals surface area (Å²) < 4.78 is 15.0. The normalized spacial score (nSPS) is 12.2. The molecule has 5 heteroatoms. The molecule has 3 rings (SSSR count). The zero-order valence-corrected chi connectivity index (χ0v) is 17.0. The molecule has 146 valence electrons. The monoisotopic (exact) mass is 379 g/mol. The molecule has 3 aromatic rings. The zero-order chi connectivity index (χ0) is 20.4. The van der Waals surface area contributed by atoms with Crippen LogP contribution in [0.15, 0.2) is 48.5 Å². The Kier molecular flexibility index (Phi) is 5.63. The number of aryl methyl sites for hydroxylation is 2. The number of halogens is 1. The maximum absolute atomic E-state index is 13.3. The lowest BCUT2D eigenvalue weighted by atomic mass is 10.1. The first kappa shape index (κ1) is 19.8. The fourth-order valence-corrected chi connectivity index (χ4v) is 2.98. The third kappa shape index (κ3) is 4.14. The quantitative estimate of drug-likeness (QED) is 0.673. The number of hydrogen-bond donors (Lipinski definition) is 1. The van der Waals surface area contributed by atoms with Crippen molar-refractivity contribution < 1.29 is 9.18 Å². The molecule has 4 nitrogen and oxygen atoms in total. The number of nitrogens with zero attached hydrogens (tertiary/aromatic N) is 2. The summed E-state index contributed by atoms with van der Waals surface area (Å²) in [6.45, 7) is 10.1. The SMILES string of the molecule is Cc1ccc(-n2nc(-c3ccc(F)cc3)cc2C(=O)NC(C)C(C)C)c(C)c1. The minimum absolute atomic E-state index is 0.0317. The van der Waals surface area contributed by atoms with E-state index in [1.807, 2.05) is 32.9 Å². The van der Waals surface area contributed by atoms with Gasteiger partial charge in [-0.05, 0) is 68.7 Å². The molecule has 1 N–H and O–H groups in total. The fourth-order valence-electron chi connectivity index (χ4n) is 2.98. The van der Waals surface area contributed by atoms with Gasteiger partial charge in [0, 0.05) is 11.6 Å². The number of carbonyl (C=O) groups excluding carboxylic acids is 1. The largest absolute Gasteiger partial charge is 0.348 e. The number of rotatable bonds is 5. The van der Waals surface area contributed by atoms with Crippen LogP contribution in [0.1, 0.15) is 42.4 Å². The minimum Gasteiger partial charge on any atom is -0.348 e. The van der Waals surface area contributed by atoms with E-state index < -0.39 is 0 Å². The molecular formula is C23H26FN3O. The van der Waals surface area contributed by atoms with E-state index in [0.29, 0.717) is 17.3 Å². The van der Waals surface area contributed by atoms with E-state index in [-0.39, 0.29) is 17.8 Å². The molecule has 1 aromatic heterocycles. The van der Waals surface area contributed by atoms with Crippen LogP contribution in [-0.2, 0) is 0 Å². The molecule has 1 atom stereocenters. The minimum atomic E-state index is -0.304. The number of hydrogen-bond acceptors (Lipinski definition) is 2. The van der Waals surface area contributed by atoms with Gasteiger partial charge < -0.3 is 5.32 Å². The van der Waals surface area contributed by atoms with Crippen molar-refractivity contribution in [2.24, 2.45) is 5.92 Å². The van der Waals surface area contributed by atoms with Gasteiger partial charge in [0.05, 0.1) is 11.4 Å². The number of nitrogens with one attached hydrogen (secondary N) is 1. The van der Waals surface area contributed by atoms with Gasteiger partial charge in [-0.3, -0.25) is 4.79 Å². The second kappa shape index (κ2) is 7.97. The summed E-state index contributed by atoms with van der Waals surface area (Å²) in [6.07, 6.45) is 0. The highest BCUT2D eigenvalue weighted by Gasteiger charge is 2.21. The first-order chi connectivity index (χ1) is 13.3. The van der Waals surface area contributed by atoms with Crippen molar-refractivity contribution in [2.45, 2.75) is 40.7 Å². The maximum atomic E-state index is 13.3. The Labute approximate surface area is 165 Å². The van der Waals surface area contributed by atoms with Gasteiger partial charge in [-0.1, -0.05) is 31.5 Å². The van der Waals surface area contributed by atoms with Crippen LogP contribution in [0.3, 0.4) is 0 Å². The number of benzene rings is 2. The molecule has 0 saturated carbocycles. The Balaban J connectivity index is 2.10. The first-order valence-electron chi connectivity index (χ1n) is 9.50. The molecule has 0 aliphatic rings. The molecule has 0 saturated heterocycles. The van der Waals surface area contributed by atoms with Crippen LogP contribution in [0.25, 0.3) is 16.9 Å². The van der Waals surface area contributed by atoms with Crippen LogP contribution in [0.4, 0.5) is 4.39 Å². The lowest BCUT2D eigenvalue weighted by Gasteiger charge is -2.18. The topological polar surface area (TPSA) is 46.9 Å². The Morgan fingerprint density at radius 1 is 1.04 bits per heavy atom. The summed E-state index contributed by atoms with van der Waals surface area (Å²) in [5.74, 6) is -0.165. The Morgan fingerprint density at radius 2 is 1.71 bits per heavy atom. The number of carbonyl (C=O) groups is 1. The maximum Gasteiger partial charge on any atom is 0.270 e. The van der Waals surface area contributed by atoms with Gasteiger partial charge in [0.1, 0.15) is 11.5 Å². The van der Waals surface area contributed by atoms with E-state index in [9.17, 15) is 9.18 Å². The molecule has 1 unspecified atom stereocenters. The molecular weight excluding hydrogens is 353 g/mol. The molecule has 2 aromatic carbocycles. The predicted octanol–water partition coefficient (Wildman–Crippen LogP) is 5.07. The highest BCUT2D eigenvalue weighted by Crippen LogP contribution is 2.24. The molecule has 0 fully saturated rings. The van der Waals surface area contributed by atoms with Crippen molar-refractivity contribution in [2.75, 3.05) is 0 Å². The van der Waals surface area contributed by atoms with Gasteiger partial charge >= 0.3 is 0 Å². The van der Waals surface area contributed by atoms with E-state index >= 15 is 0 Å². The third-order valence-electron chi connectivity index (χ3n) is 5.02. The molecule has 0 bridgehead atoms. The number of amides is 1. The lowest BCUT2D eigenvalue weighted by molar-refractivity contribution is 0.0922. The molecule has 1 heterocycles. The van der Waals surface area contributed by atoms with E-state index in [2.05, 4.69) is 30.3 Å². The summed E-state index contributed by atoms with van der Waals surface area (Å²) in [5.41, 5.74) is 4.87. The van der Waals surface area contributed by atoms with Crippen molar-refractivity contribution in [1.29, 1.82) is 0 Å². The van der Waals surface area contributed by atoms with Gasteiger partial charge in [0.2, 0.25) is 0 Å². The molecule has 0 spiro atoms. The van der Waals surface area contributed by atoms with Crippen molar-refractivity contribution in [3.05, 3.63) is 71.2 Å². The standard InChI is InChI=1S/C23H26FN3O/c1-14(2)17(5)25-23(28)22-13-20(18-7-9-19(24)10-8-18)26-27(22)21-11-6-15(3)12-16(21)4/h6-14,17H,1-5H3,(H,25,28). The van der Waals surface area contributed by atoms with Gasteiger partial charge in [0.25, 0.3) is 5.91 Å². The Hall–Kier alpha value is -2.95. The Bertz CT molecular complexity index is 990. The highest BCUT2D eigenvalue weighted by molar-refractivity contribution is 5.94. The summed E-state index contributed by atoms with van der Waals surface area (Å²) >= 11 is 0. The van der Waals surface area contributed by atoms with E-state index in [1.165, 1.54) is 12.1 Å². The number of aromatic nitrogens is 2. The van der Waals surface area contributed by atoms with Crippen molar-refractivity contribution in [3.63, 3.8) is 0 Å².